The Labute approximate surface area is 140 Å². The van der Waals surface area contributed by atoms with E-state index in [4.69, 9.17) is 15.9 Å². The van der Waals surface area contributed by atoms with Gasteiger partial charge in [0.15, 0.2) is 0 Å². The molecule has 0 aliphatic rings. The smallest absolute Gasteiger partial charge is 0.140 e. The van der Waals surface area contributed by atoms with Crippen molar-refractivity contribution >= 4 is 35.2 Å². The summed E-state index contributed by atoms with van der Waals surface area (Å²) in [5.41, 5.74) is 6.98. The molecule has 3 rings (SSSR count). The summed E-state index contributed by atoms with van der Waals surface area (Å²) in [7, 11) is 0. The van der Waals surface area contributed by atoms with Gasteiger partial charge in [0.1, 0.15) is 11.5 Å². The van der Waals surface area contributed by atoms with Crippen molar-refractivity contribution < 1.29 is 4.74 Å². The second-order valence-corrected chi connectivity index (χ2v) is 5.54. The van der Waals surface area contributed by atoms with Crippen LogP contribution in [0.3, 0.4) is 0 Å². The highest BCUT2D eigenvalue weighted by Gasteiger charge is 2.06. The first kappa shape index (κ1) is 15.2. The van der Waals surface area contributed by atoms with Crippen LogP contribution >= 0.6 is 12.6 Å². The minimum atomic E-state index is 0.637. The number of benzene rings is 3. The Morgan fingerprint density at radius 1 is 1.00 bits per heavy atom. The van der Waals surface area contributed by atoms with E-state index in [-0.39, 0.29) is 0 Å². The third kappa shape index (κ3) is 3.22. The minimum Gasteiger partial charge on any atom is -0.456 e. The molecule has 0 radical (unpaired) electrons. The first-order valence-corrected chi connectivity index (χ1v) is 7.58. The van der Waals surface area contributed by atoms with Gasteiger partial charge in [0.05, 0.1) is 0 Å². The van der Waals surface area contributed by atoms with Gasteiger partial charge < -0.3 is 15.9 Å². The maximum Gasteiger partial charge on any atom is 0.140 e. The second kappa shape index (κ2) is 6.58. The van der Waals surface area contributed by atoms with E-state index in [0.717, 1.165) is 16.7 Å². The minimum absolute atomic E-state index is 0.637. The van der Waals surface area contributed by atoms with Crippen LogP contribution in [-0.2, 0) is 0 Å². The van der Waals surface area contributed by atoms with Crippen molar-refractivity contribution in [1.29, 1.82) is 5.41 Å². The topological polar surface area (TPSA) is 59.1 Å². The molecule has 0 bridgehead atoms. The van der Waals surface area contributed by atoms with E-state index in [0.29, 0.717) is 16.2 Å². The summed E-state index contributed by atoms with van der Waals surface area (Å²) in [5.74, 6) is 1.42. The van der Waals surface area contributed by atoms with Crippen LogP contribution in [0.15, 0.2) is 71.8 Å². The van der Waals surface area contributed by atoms with Gasteiger partial charge in [0.25, 0.3) is 0 Å². The molecule has 0 saturated carbocycles. The fourth-order valence-electron chi connectivity index (χ4n) is 2.37. The molecule has 0 atom stereocenters. The van der Waals surface area contributed by atoms with E-state index in [1.54, 1.807) is 0 Å². The van der Waals surface area contributed by atoms with Crippen LogP contribution in [0.2, 0.25) is 0 Å². The van der Waals surface area contributed by atoms with Gasteiger partial charge in [-0.05, 0) is 40.6 Å². The van der Waals surface area contributed by atoms with Crippen molar-refractivity contribution in [3.8, 4) is 11.5 Å². The Morgan fingerprint density at radius 2 is 1.78 bits per heavy atom. The predicted molar refractivity (Wildman–Crippen MR) is 98.7 cm³/mol. The molecule has 0 aliphatic carbocycles. The Balaban J connectivity index is 1.91. The van der Waals surface area contributed by atoms with Gasteiger partial charge in [0.2, 0.25) is 0 Å². The summed E-state index contributed by atoms with van der Waals surface area (Å²) in [6.45, 7) is 0. The molecule has 3 nitrogen and oxygen atoms in total. The number of rotatable bonds is 4. The zero-order valence-electron chi connectivity index (χ0n) is 12.4. The molecule has 0 saturated heterocycles. The third-order valence-corrected chi connectivity index (χ3v) is 3.93. The number of nitrogens with one attached hydrogen (secondary N) is 1. The number of nitrogens with two attached hydrogens (primary N) is 1. The summed E-state index contributed by atoms with van der Waals surface area (Å²) in [4.78, 5) is 0.692. The van der Waals surface area contributed by atoms with E-state index in [9.17, 15) is 0 Å². The van der Waals surface area contributed by atoms with Crippen molar-refractivity contribution in [2.75, 3.05) is 0 Å². The van der Waals surface area contributed by atoms with Crippen molar-refractivity contribution in [2.24, 2.45) is 5.73 Å². The molecule has 0 aromatic heterocycles. The van der Waals surface area contributed by atoms with Crippen LogP contribution in [0.5, 0.6) is 11.5 Å². The lowest BCUT2D eigenvalue weighted by Gasteiger charge is -2.11. The zero-order valence-corrected chi connectivity index (χ0v) is 13.3. The molecule has 4 heteroatoms. The van der Waals surface area contributed by atoms with Crippen LogP contribution in [0.4, 0.5) is 0 Å². The Morgan fingerprint density at radius 3 is 2.48 bits per heavy atom. The van der Waals surface area contributed by atoms with Crippen LogP contribution in [-0.4, -0.2) is 6.21 Å². The fourth-order valence-corrected chi connectivity index (χ4v) is 2.63. The van der Waals surface area contributed by atoms with Gasteiger partial charge in [-0.1, -0.05) is 36.4 Å². The standard InChI is InChI=1S/C19H16N2OS/c20-11-16(12-21)15-6-8-18(19(23)10-15)22-17-7-5-13-3-1-2-4-14(13)9-17/h1-12,20,23H,21H2. The lowest BCUT2D eigenvalue weighted by molar-refractivity contribution is 0.472. The van der Waals surface area contributed by atoms with Crippen molar-refractivity contribution in [2.45, 2.75) is 4.90 Å². The summed E-state index contributed by atoms with van der Waals surface area (Å²) < 4.78 is 5.94. The predicted octanol–water partition coefficient (Wildman–Crippen LogP) is 4.87. The lowest BCUT2D eigenvalue weighted by atomic mass is 10.1. The van der Waals surface area contributed by atoms with E-state index in [1.165, 1.54) is 17.8 Å². The summed E-state index contributed by atoms with van der Waals surface area (Å²) in [5, 5.41) is 9.64. The van der Waals surface area contributed by atoms with Crippen LogP contribution < -0.4 is 10.5 Å². The normalized spacial score (nSPS) is 11.4. The van der Waals surface area contributed by atoms with Crippen LogP contribution in [0, 0.1) is 5.41 Å². The summed E-state index contributed by atoms with van der Waals surface area (Å²) >= 11 is 4.48. The number of hydrogen-bond donors (Lipinski definition) is 3. The molecule has 0 heterocycles. The van der Waals surface area contributed by atoms with E-state index in [2.05, 4.69) is 24.8 Å². The molecule has 0 unspecified atom stereocenters. The molecule has 114 valence electrons. The number of ether oxygens (including phenoxy) is 1. The number of hydrogen-bond acceptors (Lipinski definition) is 4. The maximum absolute atomic E-state index is 7.35. The Bertz CT molecular complexity index is 903. The lowest BCUT2D eigenvalue weighted by Crippen LogP contribution is -1.92. The SMILES string of the molecule is N=CC(=CN)c1ccc(Oc2ccc3ccccc3c2)c(S)c1. The summed E-state index contributed by atoms with van der Waals surface area (Å²) in [6.07, 6.45) is 2.62. The molecule has 23 heavy (non-hydrogen) atoms. The molecule has 3 aromatic carbocycles. The van der Waals surface area contributed by atoms with E-state index < -0.39 is 0 Å². The molecule has 0 aliphatic heterocycles. The highest BCUT2D eigenvalue weighted by Crippen LogP contribution is 2.31. The number of thiol groups is 1. The van der Waals surface area contributed by atoms with Gasteiger partial charge in [-0.2, -0.15) is 0 Å². The monoisotopic (exact) mass is 320 g/mol. The quantitative estimate of drug-likeness (QED) is 0.474. The molecule has 3 N–H and O–H groups in total. The number of fused-ring (bicyclic) bond motifs is 1. The molecule has 3 aromatic rings. The molecule has 0 amide bonds. The van der Waals surface area contributed by atoms with Crippen molar-refractivity contribution in [3.05, 3.63) is 72.4 Å². The molecule has 0 spiro atoms. The Kier molecular flexibility index (Phi) is 4.35. The van der Waals surface area contributed by atoms with Crippen LogP contribution in [0.25, 0.3) is 16.3 Å². The second-order valence-electron chi connectivity index (χ2n) is 5.06. The van der Waals surface area contributed by atoms with Gasteiger partial charge >= 0.3 is 0 Å². The third-order valence-electron chi connectivity index (χ3n) is 3.58. The molecular weight excluding hydrogens is 304 g/mol. The number of allylic oxidation sites excluding steroid dienone is 1. The highest BCUT2D eigenvalue weighted by molar-refractivity contribution is 7.80. The summed E-state index contributed by atoms with van der Waals surface area (Å²) in [6, 6.07) is 19.6. The molecule has 0 fully saturated rings. The first-order chi connectivity index (χ1) is 11.2. The first-order valence-electron chi connectivity index (χ1n) is 7.13. The zero-order chi connectivity index (χ0) is 16.2. The van der Waals surface area contributed by atoms with Crippen LogP contribution in [0.1, 0.15) is 5.56 Å². The van der Waals surface area contributed by atoms with Gasteiger partial charge in [0, 0.05) is 22.9 Å². The van der Waals surface area contributed by atoms with E-state index >= 15 is 0 Å². The fraction of sp³-hybridized carbons (Fsp3) is 0. The van der Waals surface area contributed by atoms with Gasteiger partial charge in [-0.25, -0.2) is 0 Å². The average Bonchev–Trinajstić information content (AvgIpc) is 2.58. The Hall–Kier alpha value is -2.72. The van der Waals surface area contributed by atoms with Crippen molar-refractivity contribution in [1.82, 2.24) is 0 Å². The van der Waals surface area contributed by atoms with Crippen molar-refractivity contribution in [3.63, 3.8) is 0 Å². The maximum atomic E-state index is 7.35. The highest BCUT2D eigenvalue weighted by atomic mass is 32.1. The largest absolute Gasteiger partial charge is 0.456 e. The van der Waals surface area contributed by atoms with Gasteiger partial charge in [-0.3, -0.25) is 0 Å². The van der Waals surface area contributed by atoms with E-state index in [1.807, 2.05) is 48.5 Å². The molecular formula is C19H16N2OS. The average molecular weight is 320 g/mol. The van der Waals surface area contributed by atoms with Gasteiger partial charge in [-0.15, -0.1) is 12.6 Å².